The molecule has 0 saturated heterocycles. The summed E-state index contributed by atoms with van der Waals surface area (Å²) in [6, 6.07) is 11.4. The van der Waals surface area contributed by atoms with Crippen LogP contribution < -0.4 is 4.90 Å². The minimum Gasteiger partial charge on any atom is -0.315 e. The fourth-order valence-corrected chi connectivity index (χ4v) is 4.11. The van der Waals surface area contributed by atoms with E-state index in [0.29, 0.717) is 12.7 Å². The summed E-state index contributed by atoms with van der Waals surface area (Å²) in [4.78, 5) is 2.36. The Labute approximate surface area is 155 Å². The molecule has 1 fully saturated rings. The Balaban J connectivity index is 1.58. The van der Waals surface area contributed by atoms with Gasteiger partial charge in [-0.2, -0.15) is 4.68 Å². The summed E-state index contributed by atoms with van der Waals surface area (Å²) < 4.78 is 18.3. The van der Waals surface area contributed by atoms with Crippen LogP contribution in [-0.4, -0.2) is 21.4 Å². The van der Waals surface area contributed by atoms with E-state index in [2.05, 4.69) is 23.1 Å². The van der Waals surface area contributed by atoms with Crippen LogP contribution in [0.5, 0.6) is 0 Å². The van der Waals surface area contributed by atoms with Crippen molar-refractivity contribution in [2.24, 2.45) is 0 Å². The minimum absolute atomic E-state index is 0.195. The number of aromatic nitrogens is 3. The van der Waals surface area contributed by atoms with Gasteiger partial charge in [0, 0.05) is 11.6 Å². The van der Waals surface area contributed by atoms with Crippen LogP contribution in [0.3, 0.4) is 0 Å². The molecule has 4 nitrogen and oxygen atoms in total. The van der Waals surface area contributed by atoms with E-state index in [9.17, 15) is 4.39 Å². The molecule has 0 bridgehead atoms. The number of hydrogen-bond acceptors (Lipinski definition) is 3. The molecule has 2 aromatic heterocycles. The van der Waals surface area contributed by atoms with Gasteiger partial charge in [0.15, 0.2) is 12.5 Å². The molecule has 1 N–H and O–H groups in total. The van der Waals surface area contributed by atoms with Gasteiger partial charge >= 0.3 is 0 Å². The van der Waals surface area contributed by atoms with Crippen LogP contribution in [0.15, 0.2) is 41.8 Å². The average molecular weight is 376 g/mol. The van der Waals surface area contributed by atoms with Gasteiger partial charge in [-0.15, -0.1) is 16.4 Å². The number of nitrogens with zero attached hydrogens (tertiary/aromatic N) is 3. The van der Waals surface area contributed by atoms with Crippen molar-refractivity contribution in [2.45, 2.75) is 32.1 Å². The SMILES string of the molecule is C[NH+](Cc1cccc(F)c1)Cn1nc(-c2cccs2)n(C2CC2)c1=S. The molecule has 0 spiro atoms. The molecule has 1 atom stereocenters. The first-order valence-corrected chi connectivity index (χ1v) is 9.69. The number of rotatable bonds is 6. The van der Waals surface area contributed by atoms with Crippen molar-refractivity contribution < 1.29 is 9.29 Å². The number of quaternary nitrogens is 1. The van der Waals surface area contributed by atoms with Crippen molar-refractivity contribution in [3.8, 4) is 10.7 Å². The predicted octanol–water partition coefficient (Wildman–Crippen LogP) is 3.29. The molecule has 130 valence electrons. The Kier molecular flexibility index (Phi) is 4.54. The smallest absolute Gasteiger partial charge is 0.203 e. The summed E-state index contributed by atoms with van der Waals surface area (Å²) in [7, 11) is 2.08. The van der Waals surface area contributed by atoms with E-state index in [1.807, 2.05) is 16.8 Å². The Morgan fingerprint density at radius 2 is 2.16 bits per heavy atom. The Bertz CT molecular complexity index is 925. The van der Waals surface area contributed by atoms with Crippen molar-refractivity contribution in [1.29, 1.82) is 0 Å². The van der Waals surface area contributed by atoms with Crippen LogP contribution in [0.25, 0.3) is 10.7 Å². The molecule has 1 aliphatic rings. The zero-order valence-corrected chi connectivity index (χ0v) is 15.6. The number of benzene rings is 1. The van der Waals surface area contributed by atoms with Gasteiger partial charge < -0.3 is 4.90 Å². The lowest BCUT2D eigenvalue weighted by Gasteiger charge is -2.13. The standard InChI is InChI=1S/C18H19FN4S2/c1-21(11-13-4-2-5-14(19)10-13)12-22-18(24)23(15-7-8-15)17(20-22)16-6-3-9-25-16/h2-6,9-10,15H,7-8,11-12H2,1H3/p+1. The quantitative estimate of drug-likeness (QED) is 0.670. The van der Waals surface area contributed by atoms with Crippen LogP contribution in [0, 0.1) is 10.6 Å². The lowest BCUT2D eigenvalue weighted by atomic mass is 10.2. The fourth-order valence-electron chi connectivity index (χ4n) is 3.07. The Morgan fingerprint density at radius 1 is 1.32 bits per heavy atom. The molecule has 4 rings (SSSR count). The van der Waals surface area contributed by atoms with E-state index < -0.39 is 0 Å². The second kappa shape index (κ2) is 6.82. The summed E-state index contributed by atoms with van der Waals surface area (Å²) in [5.74, 6) is 0.779. The molecule has 0 radical (unpaired) electrons. The van der Waals surface area contributed by atoms with Gasteiger partial charge in [0.1, 0.15) is 12.4 Å². The van der Waals surface area contributed by atoms with Crippen LogP contribution in [-0.2, 0) is 13.2 Å². The maximum absolute atomic E-state index is 13.4. The minimum atomic E-state index is -0.195. The van der Waals surface area contributed by atoms with E-state index in [1.54, 1.807) is 23.5 Å². The topological polar surface area (TPSA) is 27.2 Å². The summed E-state index contributed by atoms with van der Waals surface area (Å²) in [5, 5.41) is 6.87. The zero-order valence-electron chi connectivity index (χ0n) is 14.0. The van der Waals surface area contributed by atoms with E-state index in [0.717, 1.165) is 27.6 Å². The third-order valence-corrected chi connectivity index (χ3v) is 5.61. The molecule has 3 aromatic rings. The van der Waals surface area contributed by atoms with Crippen LogP contribution in [0.1, 0.15) is 24.4 Å². The number of thiophene rings is 1. The summed E-state index contributed by atoms with van der Waals surface area (Å²) in [5.41, 5.74) is 0.976. The van der Waals surface area contributed by atoms with Gasteiger partial charge in [0.25, 0.3) is 0 Å². The van der Waals surface area contributed by atoms with Crippen LogP contribution in [0.4, 0.5) is 4.39 Å². The van der Waals surface area contributed by atoms with Gasteiger partial charge in [-0.3, -0.25) is 4.57 Å². The highest BCUT2D eigenvalue weighted by Crippen LogP contribution is 2.39. The number of nitrogens with one attached hydrogen (secondary N) is 1. The van der Waals surface area contributed by atoms with Crippen molar-refractivity contribution >= 4 is 23.6 Å². The van der Waals surface area contributed by atoms with Crippen molar-refractivity contribution in [3.63, 3.8) is 0 Å². The molecular formula is C18H20FN4S2+. The predicted molar refractivity (Wildman–Crippen MR) is 99.6 cm³/mol. The molecule has 0 aliphatic heterocycles. The van der Waals surface area contributed by atoms with E-state index in [4.69, 9.17) is 17.3 Å². The van der Waals surface area contributed by atoms with Gasteiger partial charge in [-0.05, 0) is 48.6 Å². The molecule has 1 unspecified atom stereocenters. The maximum Gasteiger partial charge on any atom is 0.203 e. The number of halogens is 1. The van der Waals surface area contributed by atoms with Crippen molar-refractivity contribution in [2.75, 3.05) is 7.05 Å². The number of hydrogen-bond donors (Lipinski definition) is 1. The summed E-state index contributed by atoms with van der Waals surface area (Å²) in [6.45, 7) is 1.39. The van der Waals surface area contributed by atoms with E-state index in [-0.39, 0.29) is 5.82 Å². The first-order chi connectivity index (χ1) is 12.1. The van der Waals surface area contributed by atoms with E-state index >= 15 is 0 Å². The average Bonchev–Trinajstić information content (AvgIpc) is 3.15. The third kappa shape index (κ3) is 3.58. The second-order valence-corrected chi connectivity index (χ2v) is 7.92. The van der Waals surface area contributed by atoms with Crippen LogP contribution >= 0.6 is 23.6 Å². The fraction of sp³-hybridized carbons (Fsp3) is 0.333. The van der Waals surface area contributed by atoms with Gasteiger partial charge in [-0.1, -0.05) is 18.2 Å². The highest BCUT2D eigenvalue weighted by molar-refractivity contribution is 7.71. The summed E-state index contributed by atoms with van der Waals surface area (Å²) >= 11 is 7.39. The molecule has 1 saturated carbocycles. The van der Waals surface area contributed by atoms with Crippen molar-refractivity contribution in [3.05, 3.63) is 57.9 Å². The molecule has 0 amide bonds. The van der Waals surface area contributed by atoms with Crippen molar-refractivity contribution in [1.82, 2.24) is 14.3 Å². The Hall–Kier alpha value is -1.83. The molecule has 2 heterocycles. The monoisotopic (exact) mass is 375 g/mol. The molecular weight excluding hydrogens is 355 g/mol. The third-order valence-electron chi connectivity index (χ3n) is 4.34. The molecule has 25 heavy (non-hydrogen) atoms. The highest BCUT2D eigenvalue weighted by Gasteiger charge is 2.29. The van der Waals surface area contributed by atoms with Crippen LogP contribution in [0.2, 0.25) is 0 Å². The lowest BCUT2D eigenvalue weighted by Crippen LogP contribution is -3.07. The maximum atomic E-state index is 13.4. The largest absolute Gasteiger partial charge is 0.315 e. The molecule has 1 aliphatic carbocycles. The van der Waals surface area contributed by atoms with E-state index in [1.165, 1.54) is 23.8 Å². The van der Waals surface area contributed by atoms with Gasteiger partial charge in [-0.25, -0.2) is 4.39 Å². The van der Waals surface area contributed by atoms with Gasteiger partial charge in [0.2, 0.25) is 4.77 Å². The first-order valence-electron chi connectivity index (χ1n) is 8.41. The highest BCUT2D eigenvalue weighted by atomic mass is 32.1. The normalized spacial score (nSPS) is 15.4. The summed E-state index contributed by atoms with van der Waals surface area (Å²) in [6.07, 6.45) is 2.34. The zero-order chi connectivity index (χ0) is 17.4. The first kappa shape index (κ1) is 16.6. The molecule has 1 aromatic carbocycles. The Morgan fingerprint density at radius 3 is 2.84 bits per heavy atom. The second-order valence-electron chi connectivity index (χ2n) is 6.61. The lowest BCUT2D eigenvalue weighted by molar-refractivity contribution is -0.917. The molecule has 7 heteroatoms. The van der Waals surface area contributed by atoms with Gasteiger partial charge in [0.05, 0.1) is 11.9 Å².